The summed E-state index contributed by atoms with van der Waals surface area (Å²) in [6.45, 7) is 1.40. The third-order valence-electron chi connectivity index (χ3n) is 4.13. The van der Waals surface area contributed by atoms with Crippen LogP contribution in [-0.2, 0) is 13.1 Å². The van der Waals surface area contributed by atoms with E-state index in [0.717, 1.165) is 28.3 Å². The minimum atomic E-state index is 0.276. The zero-order chi connectivity index (χ0) is 18.5. The van der Waals surface area contributed by atoms with Gasteiger partial charge in [0.2, 0.25) is 12.7 Å². The zero-order valence-electron chi connectivity index (χ0n) is 14.9. The van der Waals surface area contributed by atoms with E-state index in [1.807, 2.05) is 48.5 Å². The topological polar surface area (TPSA) is 80.9 Å². The van der Waals surface area contributed by atoms with Gasteiger partial charge in [0.25, 0.3) is 0 Å². The molecule has 0 radical (unpaired) electrons. The van der Waals surface area contributed by atoms with Crippen molar-refractivity contribution in [2.24, 2.45) is 4.99 Å². The molecule has 2 N–H and O–H groups in total. The Bertz CT molecular complexity index is 937. The average molecular weight is 364 g/mol. The molecule has 2 heterocycles. The molecule has 138 valence electrons. The van der Waals surface area contributed by atoms with Crippen molar-refractivity contribution in [3.05, 3.63) is 66.1 Å². The summed E-state index contributed by atoms with van der Waals surface area (Å²) < 4.78 is 16.3. The summed E-state index contributed by atoms with van der Waals surface area (Å²) in [7, 11) is 1.73. The Hall–Kier alpha value is -3.48. The molecule has 1 aliphatic rings. The fraction of sp³-hybridized carbons (Fsp3) is 0.200. The molecule has 0 amide bonds. The lowest BCUT2D eigenvalue weighted by Crippen LogP contribution is -2.36. The lowest BCUT2D eigenvalue weighted by Gasteiger charge is -2.11. The Morgan fingerprint density at radius 2 is 1.85 bits per heavy atom. The van der Waals surface area contributed by atoms with Crippen LogP contribution in [-0.4, -0.2) is 24.8 Å². The maximum atomic E-state index is 5.55. The molecule has 0 bridgehead atoms. The zero-order valence-corrected chi connectivity index (χ0v) is 14.9. The molecule has 1 aromatic heterocycles. The first-order valence-corrected chi connectivity index (χ1v) is 8.65. The summed E-state index contributed by atoms with van der Waals surface area (Å²) in [6, 6.07) is 15.7. The molecule has 2 aromatic carbocycles. The van der Waals surface area contributed by atoms with Crippen LogP contribution in [0.4, 0.5) is 0 Å². The van der Waals surface area contributed by atoms with Crippen molar-refractivity contribution in [3.63, 3.8) is 0 Å². The van der Waals surface area contributed by atoms with E-state index in [9.17, 15) is 0 Å². The summed E-state index contributed by atoms with van der Waals surface area (Å²) in [4.78, 5) is 8.74. The number of aliphatic imine (C=N–C) groups is 1. The van der Waals surface area contributed by atoms with Gasteiger partial charge in [-0.15, -0.1) is 0 Å². The second-order valence-corrected chi connectivity index (χ2v) is 5.98. The molecule has 27 heavy (non-hydrogen) atoms. The fourth-order valence-electron chi connectivity index (χ4n) is 2.73. The number of benzene rings is 2. The van der Waals surface area contributed by atoms with Crippen LogP contribution in [0.15, 0.2) is 64.2 Å². The number of guanidine groups is 1. The van der Waals surface area contributed by atoms with Gasteiger partial charge in [0, 0.05) is 19.2 Å². The van der Waals surface area contributed by atoms with E-state index in [0.29, 0.717) is 24.9 Å². The van der Waals surface area contributed by atoms with Crippen LogP contribution in [0.3, 0.4) is 0 Å². The summed E-state index contributed by atoms with van der Waals surface area (Å²) in [6.07, 6.45) is 1.65. The summed E-state index contributed by atoms with van der Waals surface area (Å²) in [5, 5.41) is 6.50. The van der Waals surface area contributed by atoms with Gasteiger partial charge >= 0.3 is 0 Å². The normalized spacial score (nSPS) is 12.9. The number of aromatic nitrogens is 1. The maximum Gasteiger partial charge on any atom is 0.231 e. The maximum absolute atomic E-state index is 5.55. The van der Waals surface area contributed by atoms with E-state index in [1.165, 1.54) is 0 Å². The third kappa shape index (κ3) is 4.03. The van der Waals surface area contributed by atoms with Crippen LogP contribution < -0.4 is 20.1 Å². The van der Waals surface area contributed by atoms with Crippen LogP contribution >= 0.6 is 0 Å². The smallest absolute Gasteiger partial charge is 0.231 e. The van der Waals surface area contributed by atoms with Gasteiger partial charge in [0.1, 0.15) is 6.26 Å². The van der Waals surface area contributed by atoms with E-state index in [1.54, 1.807) is 13.3 Å². The highest BCUT2D eigenvalue weighted by molar-refractivity contribution is 5.79. The predicted molar refractivity (Wildman–Crippen MR) is 102 cm³/mol. The van der Waals surface area contributed by atoms with Gasteiger partial charge in [-0.2, -0.15) is 0 Å². The molecule has 0 spiro atoms. The molecule has 7 nitrogen and oxygen atoms in total. The van der Waals surface area contributed by atoms with Gasteiger partial charge in [-0.25, -0.2) is 4.98 Å². The average Bonchev–Trinajstić information content (AvgIpc) is 3.38. The van der Waals surface area contributed by atoms with Crippen molar-refractivity contribution < 1.29 is 13.9 Å². The number of hydrogen-bond acceptors (Lipinski definition) is 5. The summed E-state index contributed by atoms with van der Waals surface area (Å²) >= 11 is 0. The van der Waals surface area contributed by atoms with Crippen LogP contribution in [0.25, 0.3) is 11.5 Å². The third-order valence-corrected chi connectivity index (χ3v) is 4.13. The first-order valence-electron chi connectivity index (χ1n) is 8.65. The molecular weight excluding hydrogens is 344 g/mol. The standard InChI is InChI=1S/C20H20N4O3/c1-21-20(22-10-14-7-8-17-18(9-14)27-13-26-17)23-11-16-12-25-19(24-16)15-5-3-2-4-6-15/h2-9,12H,10-11,13H2,1H3,(H2,21,22,23). The molecule has 0 atom stereocenters. The lowest BCUT2D eigenvalue weighted by molar-refractivity contribution is 0.174. The number of rotatable bonds is 5. The predicted octanol–water partition coefficient (Wildman–Crippen LogP) is 2.94. The number of hydrogen-bond donors (Lipinski definition) is 2. The van der Waals surface area contributed by atoms with Crippen molar-refractivity contribution in [1.82, 2.24) is 15.6 Å². The van der Waals surface area contributed by atoms with Crippen molar-refractivity contribution in [1.29, 1.82) is 0 Å². The Morgan fingerprint density at radius 1 is 1.04 bits per heavy atom. The molecule has 3 aromatic rings. The van der Waals surface area contributed by atoms with Gasteiger partial charge in [0.15, 0.2) is 17.5 Å². The Kier molecular flexibility index (Phi) is 4.91. The highest BCUT2D eigenvalue weighted by Crippen LogP contribution is 2.32. The minimum absolute atomic E-state index is 0.276. The van der Waals surface area contributed by atoms with Crippen molar-refractivity contribution >= 4 is 5.96 Å². The molecule has 1 aliphatic heterocycles. The number of ether oxygens (including phenoxy) is 2. The van der Waals surface area contributed by atoms with Gasteiger partial charge in [-0.3, -0.25) is 4.99 Å². The molecule has 4 rings (SSSR count). The van der Waals surface area contributed by atoms with Gasteiger partial charge < -0.3 is 24.5 Å². The monoisotopic (exact) mass is 364 g/mol. The number of fused-ring (bicyclic) bond motifs is 1. The fourth-order valence-corrected chi connectivity index (χ4v) is 2.73. The second kappa shape index (κ2) is 7.82. The van der Waals surface area contributed by atoms with Crippen LogP contribution in [0.5, 0.6) is 11.5 Å². The van der Waals surface area contributed by atoms with Crippen LogP contribution in [0.1, 0.15) is 11.3 Å². The van der Waals surface area contributed by atoms with Crippen LogP contribution in [0.2, 0.25) is 0 Å². The Balaban J connectivity index is 1.31. The van der Waals surface area contributed by atoms with E-state index in [4.69, 9.17) is 13.9 Å². The molecule has 0 saturated heterocycles. The van der Waals surface area contributed by atoms with Crippen molar-refractivity contribution in [2.75, 3.05) is 13.8 Å². The summed E-state index contributed by atoms with van der Waals surface area (Å²) in [5.74, 6) is 2.84. The molecule has 7 heteroatoms. The quantitative estimate of drug-likeness (QED) is 0.535. The first kappa shape index (κ1) is 17.0. The minimum Gasteiger partial charge on any atom is -0.454 e. The van der Waals surface area contributed by atoms with Gasteiger partial charge in [-0.1, -0.05) is 24.3 Å². The first-order chi connectivity index (χ1) is 13.3. The van der Waals surface area contributed by atoms with Crippen LogP contribution in [0, 0.1) is 0 Å². The van der Waals surface area contributed by atoms with E-state index in [2.05, 4.69) is 20.6 Å². The van der Waals surface area contributed by atoms with E-state index >= 15 is 0 Å². The molecule has 0 saturated carbocycles. The Labute approximate surface area is 157 Å². The van der Waals surface area contributed by atoms with E-state index in [-0.39, 0.29) is 6.79 Å². The summed E-state index contributed by atoms with van der Waals surface area (Å²) in [5.41, 5.74) is 2.84. The largest absolute Gasteiger partial charge is 0.454 e. The highest BCUT2D eigenvalue weighted by atomic mass is 16.7. The molecule has 0 aliphatic carbocycles. The van der Waals surface area contributed by atoms with Crippen molar-refractivity contribution in [2.45, 2.75) is 13.1 Å². The van der Waals surface area contributed by atoms with Gasteiger partial charge in [0.05, 0.1) is 12.2 Å². The second-order valence-electron chi connectivity index (χ2n) is 5.98. The molecular formula is C20H20N4O3. The molecule has 0 unspecified atom stereocenters. The number of nitrogens with zero attached hydrogens (tertiary/aromatic N) is 2. The highest BCUT2D eigenvalue weighted by Gasteiger charge is 2.13. The van der Waals surface area contributed by atoms with Gasteiger partial charge in [-0.05, 0) is 29.8 Å². The number of nitrogens with one attached hydrogen (secondary N) is 2. The molecule has 0 fully saturated rings. The number of oxazole rings is 1. The Morgan fingerprint density at radius 3 is 2.70 bits per heavy atom. The lowest BCUT2D eigenvalue weighted by atomic mass is 10.2. The SMILES string of the molecule is CN=C(NCc1ccc2c(c1)OCO2)NCc1coc(-c2ccccc2)n1. The van der Waals surface area contributed by atoms with E-state index < -0.39 is 0 Å². The van der Waals surface area contributed by atoms with Crippen molar-refractivity contribution in [3.8, 4) is 23.0 Å².